The van der Waals surface area contributed by atoms with Crippen molar-refractivity contribution in [2.45, 2.75) is 13.1 Å². The molecule has 1 aromatic carbocycles. The van der Waals surface area contributed by atoms with Crippen LogP contribution in [0.15, 0.2) is 18.2 Å². The van der Waals surface area contributed by atoms with Crippen LogP contribution < -0.4 is 4.72 Å². The molecule has 94 valence electrons. The van der Waals surface area contributed by atoms with Crippen LogP contribution in [0.4, 0.5) is 0 Å². The summed E-state index contributed by atoms with van der Waals surface area (Å²) >= 11 is 1.68. The number of hydrogen-bond acceptors (Lipinski definition) is 5. The summed E-state index contributed by atoms with van der Waals surface area (Å²) in [7, 11) is 1.39. The first-order valence-corrected chi connectivity index (χ1v) is 6.64. The van der Waals surface area contributed by atoms with Crippen molar-refractivity contribution in [1.29, 1.82) is 0 Å². The molecule has 1 aromatic heterocycles. The molecule has 6 heteroatoms. The number of benzene rings is 1. The van der Waals surface area contributed by atoms with Crippen molar-refractivity contribution in [3.8, 4) is 0 Å². The average molecular weight is 263 g/mol. The van der Waals surface area contributed by atoms with Gasteiger partial charge in [-0.2, -0.15) is 5.10 Å². The second kappa shape index (κ2) is 4.29. The highest BCUT2D eigenvalue weighted by molar-refractivity contribution is 7.98. The number of aryl methyl sites for hydroxylation is 1. The van der Waals surface area contributed by atoms with Crippen molar-refractivity contribution in [3.63, 3.8) is 0 Å². The molecule has 3 rings (SSSR count). The van der Waals surface area contributed by atoms with Crippen LogP contribution in [0.3, 0.4) is 0 Å². The Labute approximate surface area is 109 Å². The Morgan fingerprint density at radius 1 is 1.61 bits per heavy atom. The van der Waals surface area contributed by atoms with Gasteiger partial charge in [-0.25, -0.2) is 14.2 Å². The number of nitrogens with one attached hydrogen (secondary N) is 1. The van der Waals surface area contributed by atoms with Gasteiger partial charge in [0.2, 0.25) is 0 Å². The van der Waals surface area contributed by atoms with Gasteiger partial charge in [-0.15, -0.1) is 0 Å². The second-order valence-corrected chi connectivity index (χ2v) is 5.06. The molecule has 1 aliphatic rings. The first-order valence-electron chi connectivity index (χ1n) is 5.65. The van der Waals surface area contributed by atoms with Crippen LogP contribution in [-0.2, 0) is 4.74 Å². The van der Waals surface area contributed by atoms with Crippen molar-refractivity contribution >= 4 is 28.8 Å². The first kappa shape index (κ1) is 11.6. The molecule has 1 aliphatic heterocycles. The predicted octanol–water partition coefficient (Wildman–Crippen LogP) is 1.88. The molecule has 1 saturated heterocycles. The van der Waals surface area contributed by atoms with E-state index in [1.54, 1.807) is 18.0 Å². The fraction of sp³-hybridized carbons (Fsp3) is 0.333. The fourth-order valence-electron chi connectivity index (χ4n) is 2.06. The maximum Gasteiger partial charge on any atom is 0.337 e. The first-order chi connectivity index (χ1) is 8.70. The van der Waals surface area contributed by atoms with Crippen molar-refractivity contribution in [3.05, 3.63) is 29.5 Å². The normalized spacial score (nSPS) is 18.7. The SMILES string of the molecule is COC(=O)c1ccc2c(c1)c(C)nn2C1CSN1. The molecule has 18 heavy (non-hydrogen) atoms. The highest BCUT2D eigenvalue weighted by Gasteiger charge is 2.23. The number of hydrogen-bond donors (Lipinski definition) is 1. The lowest BCUT2D eigenvalue weighted by atomic mass is 10.1. The molecule has 1 N–H and O–H groups in total. The van der Waals surface area contributed by atoms with Gasteiger partial charge in [-0.1, -0.05) is 11.9 Å². The molecule has 1 unspecified atom stereocenters. The quantitative estimate of drug-likeness (QED) is 0.662. The number of carbonyl (C=O) groups excluding carboxylic acids is 1. The summed E-state index contributed by atoms with van der Waals surface area (Å²) in [5.74, 6) is 0.691. The molecule has 1 fully saturated rings. The molecule has 0 radical (unpaired) electrons. The van der Waals surface area contributed by atoms with Crippen molar-refractivity contribution in [2.75, 3.05) is 12.9 Å². The van der Waals surface area contributed by atoms with Crippen LogP contribution in [0.25, 0.3) is 10.9 Å². The molecule has 0 amide bonds. The highest BCUT2D eigenvalue weighted by Crippen LogP contribution is 2.28. The van der Waals surface area contributed by atoms with E-state index in [1.165, 1.54) is 7.11 Å². The zero-order valence-electron chi connectivity index (χ0n) is 10.1. The second-order valence-electron chi connectivity index (χ2n) is 4.20. The number of ether oxygens (including phenoxy) is 1. The van der Waals surface area contributed by atoms with Gasteiger partial charge in [-0.05, 0) is 25.1 Å². The van der Waals surface area contributed by atoms with Gasteiger partial charge in [-0.3, -0.25) is 0 Å². The molecule has 2 aromatic rings. The molecule has 1 atom stereocenters. The van der Waals surface area contributed by atoms with E-state index >= 15 is 0 Å². The minimum atomic E-state index is -0.318. The Morgan fingerprint density at radius 3 is 3.00 bits per heavy atom. The van der Waals surface area contributed by atoms with Crippen LogP contribution in [0, 0.1) is 6.92 Å². The lowest BCUT2D eigenvalue weighted by Crippen LogP contribution is -2.34. The number of aromatic nitrogens is 2. The molecule has 2 heterocycles. The van der Waals surface area contributed by atoms with Gasteiger partial charge in [0, 0.05) is 11.1 Å². The predicted molar refractivity (Wildman–Crippen MR) is 70.4 cm³/mol. The Kier molecular flexibility index (Phi) is 2.76. The summed E-state index contributed by atoms with van der Waals surface area (Å²) in [6.07, 6.45) is 0.246. The third kappa shape index (κ3) is 1.69. The van der Waals surface area contributed by atoms with Crippen LogP contribution in [-0.4, -0.2) is 28.6 Å². The van der Waals surface area contributed by atoms with E-state index in [0.717, 1.165) is 22.3 Å². The van der Waals surface area contributed by atoms with Gasteiger partial charge >= 0.3 is 5.97 Å². The van der Waals surface area contributed by atoms with E-state index in [9.17, 15) is 4.79 Å². The fourth-order valence-corrected chi connectivity index (χ4v) is 2.61. The number of rotatable bonds is 2. The van der Waals surface area contributed by atoms with E-state index in [4.69, 9.17) is 4.74 Å². The largest absolute Gasteiger partial charge is 0.465 e. The van der Waals surface area contributed by atoms with Crippen LogP contribution in [0.1, 0.15) is 22.2 Å². The number of methoxy groups -OCH3 is 1. The molecular formula is C12H13N3O2S. The molecule has 0 bridgehead atoms. The maximum atomic E-state index is 11.5. The summed E-state index contributed by atoms with van der Waals surface area (Å²) in [4.78, 5) is 11.5. The highest BCUT2D eigenvalue weighted by atomic mass is 32.2. The Hall–Kier alpha value is -1.53. The standard InChI is InChI=1S/C12H13N3O2S/c1-7-9-5-8(12(16)17-2)3-4-10(9)15(13-7)11-6-18-14-11/h3-5,11,14H,6H2,1-2H3. The number of esters is 1. The smallest absolute Gasteiger partial charge is 0.337 e. The molecule has 0 saturated carbocycles. The summed E-state index contributed by atoms with van der Waals surface area (Å²) in [6.45, 7) is 1.95. The van der Waals surface area contributed by atoms with Crippen LogP contribution in [0.5, 0.6) is 0 Å². The van der Waals surface area contributed by atoms with Crippen molar-refractivity contribution < 1.29 is 9.53 Å². The van der Waals surface area contributed by atoms with E-state index < -0.39 is 0 Å². The zero-order chi connectivity index (χ0) is 12.7. The summed E-state index contributed by atoms with van der Waals surface area (Å²) in [5.41, 5.74) is 2.52. The van der Waals surface area contributed by atoms with E-state index in [0.29, 0.717) is 5.56 Å². The lowest BCUT2D eigenvalue weighted by Gasteiger charge is -2.27. The summed E-state index contributed by atoms with van der Waals surface area (Å²) in [6, 6.07) is 5.54. The van der Waals surface area contributed by atoms with Gasteiger partial charge in [0.1, 0.15) is 6.17 Å². The summed E-state index contributed by atoms with van der Waals surface area (Å²) in [5, 5.41) is 5.52. The number of nitrogens with zero attached hydrogens (tertiary/aromatic N) is 2. The van der Waals surface area contributed by atoms with Gasteiger partial charge in [0.15, 0.2) is 0 Å². The van der Waals surface area contributed by atoms with E-state index in [-0.39, 0.29) is 12.1 Å². The summed E-state index contributed by atoms with van der Waals surface area (Å²) < 4.78 is 9.95. The maximum absolute atomic E-state index is 11.5. The van der Waals surface area contributed by atoms with Crippen LogP contribution in [0.2, 0.25) is 0 Å². The average Bonchev–Trinajstić information content (AvgIpc) is 2.63. The topological polar surface area (TPSA) is 56.1 Å². The van der Waals surface area contributed by atoms with Gasteiger partial charge < -0.3 is 4.74 Å². The Morgan fingerprint density at radius 2 is 2.39 bits per heavy atom. The minimum Gasteiger partial charge on any atom is -0.465 e. The van der Waals surface area contributed by atoms with Gasteiger partial charge in [0.25, 0.3) is 0 Å². The number of carbonyl (C=O) groups is 1. The third-order valence-electron chi connectivity index (χ3n) is 3.07. The minimum absolute atomic E-state index is 0.246. The van der Waals surface area contributed by atoms with Crippen molar-refractivity contribution in [1.82, 2.24) is 14.5 Å². The van der Waals surface area contributed by atoms with Crippen molar-refractivity contribution in [2.24, 2.45) is 0 Å². The zero-order valence-corrected chi connectivity index (χ0v) is 11.0. The molecular weight excluding hydrogens is 250 g/mol. The molecule has 5 nitrogen and oxygen atoms in total. The monoisotopic (exact) mass is 263 g/mol. The van der Waals surface area contributed by atoms with Crippen LogP contribution >= 0.6 is 11.9 Å². The Bertz CT molecular complexity index is 619. The number of fused-ring (bicyclic) bond motifs is 1. The molecule has 0 aliphatic carbocycles. The molecule has 0 spiro atoms. The third-order valence-corrected chi connectivity index (χ3v) is 3.99. The lowest BCUT2D eigenvalue weighted by molar-refractivity contribution is 0.0601. The van der Waals surface area contributed by atoms with Gasteiger partial charge in [0.05, 0.1) is 23.9 Å². The Balaban J connectivity index is 2.11. The van der Waals surface area contributed by atoms with E-state index in [2.05, 4.69) is 9.82 Å². The van der Waals surface area contributed by atoms with E-state index in [1.807, 2.05) is 23.7 Å².